The van der Waals surface area contributed by atoms with E-state index in [2.05, 4.69) is 60.2 Å². The van der Waals surface area contributed by atoms with Gasteiger partial charge in [0.1, 0.15) is 0 Å². The fourth-order valence-electron chi connectivity index (χ4n) is 2.17. The van der Waals surface area contributed by atoms with Crippen LogP contribution in [0.4, 0.5) is 0 Å². The Bertz CT molecular complexity index is 373. The second kappa shape index (κ2) is 4.89. The van der Waals surface area contributed by atoms with Crippen LogP contribution < -0.4 is 5.32 Å². The van der Waals surface area contributed by atoms with Crippen molar-refractivity contribution in [1.29, 1.82) is 0 Å². The van der Waals surface area contributed by atoms with Gasteiger partial charge in [0.05, 0.1) is 0 Å². The molecule has 0 radical (unpaired) electrons. The summed E-state index contributed by atoms with van der Waals surface area (Å²) in [6, 6.07) is 7.37. The van der Waals surface area contributed by atoms with E-state index in [0.717, 1.165) is 18.4 Å². The largest absolute Gasteiger partial charge is 0.314 e. The Morgan fingerprint density at radius 1 is 1.44 bits per heavy atom. The molecule has 2 heteroatoms. The molecule has 1 aromatic carbocycles. The summed E-state index contributed by atoms with van der Waals surface area (Å²) < 4.78 is 1.22. The van der Waals surface area contributed by atoms with Gasteiger partial charge in [0.15, 0.2) is 0 Å². The van der Waals surface area contributed by atoms with E-state index >= 15 is 0 Å². The molecule has 2 rings (SSSR count). The predicted molar refractivity (Wildman–Crippen MR) is 72.9 cm³/mol. The molecule has 0 bridgehead atoms. The molecule has 1 nitrogen and oxygen atoms in total. The lowest BCUT2D eigenvalue weighted by atomic mass is 10.1. The first kappa shape index (κ1) is 12.1. The first-order chi connectivity index (χ1) is 7.58. The van der Waals surface area contributed by atoms with Crippen molar-refractivity contribution in [3.05, 3.63) is 33.8 Å². The molecule has 1 saturated carbocycles. The summed E-state index contributed by atoms with van der Waals surface area (Å²) in [7, 11) is 0. The molecule has 1 N–H and O–H groups in total. The summed E-state index contributed by atoms with van der Waals surface area (Å²) in [5, 5.41) is 3.52. The third-order valence-electron chi connectivity index (χ3n) is 3.32. The van der Waals surface area contributed by atoms with Crippen LogP contribution in [0.3, 0.4) is 0 Å². The standard InChI is InChI=1S/C14H20BrN/c1-9(2)16-8-12-7-13(12)11-4-5-14(15)10(3)6-11/h4-6,9,12-13,16H,7-8H2,1-3H3. The normalized spacial score (nSPS) is 23.8. The molecule has 1 fully saturated rings. The second-order valence-corrected chi connectivity index (χ2v) is 6.03. The Labute approximate surface area is 107 Å². The average molecular weight is 282 g/mol. The summed E-state index contributed by atoms with van der Waals surface area (Å²) in [4.78, 5) is 0. The van der Waals surface area contributed by atoms with Gasteiger partial charge in [-0.05, 0) is 48.9 Å². The monoisotopic (exact) mass is 281 g/mol. The molecule has 2 atom stereocenters. The van der Waals surface area contributed by atoms with Crippen molar-refractivity contribution in [3.8, 4) is 0 Å². The molecule has 0 amide bonds. The third kappa shape index (κ3) is 2.86. The minimum Gasteiger partial charge on any atom is -0.314 e. The first-order valence-electron chi connectivity index (χ1n) is 6.07. The van der Waals surface area contributed by atoms with Crippen LogP contribution in [-0.4, -0.2) is 12.6 Å². The SMILES string of the molecule is Cc1cc(C2CC2CNC(C)C)ccc1Br. The van der Waals surface area contributed by atoms with Gasteiger partial charge in [-0.1, -0.05) is 41.9 Å². The van der Waals surface area contributed by atoms with E-state index in [1.807, 2.05) is 0 Å². The van der Waals surface area contributed by atoms with Crippen LogP contribution in [0.5, 0.6) is 0 Å². The van der Waals surface area contributed by atoms with Gasteiger partial charge in [-0.2, -0.15) is 0 Å². The molecule has 2 unspecified atom stereocenters. The van der Waals surface area contributed by atoms with E-state index in [0.29, 0.717) is 6.04 Å². The van der Waals surface area contributed by atoms with Crippen LogP contribution in [0, 0.1) is 12.8 Å². The molecule has 1 aliphatic carbocycles. The van der Waals surface area contributed by atoms with Crippen molar-refractivity contribution < 1.29 is 0 Å². The maximum atomic E-state index is 3.55. The highest BCUT2D eigenvalue weighted by Gasteiger charge is 2.37. The summed E-state index contributed by atoms with van der Waals surface area (Å²) in [6.45, 7) is 7.75. The van der Waals surface area contributed by atoms with Crippen molar-refractivity contribution in [1.82, 2.24) is 5.32 Å². The van der Waals surface area contributed by atoms with E-state index in [4.69, 9.17) is 0 Å². The Kier molecular flexibility index (Phi) is 3.70. The topological polar surface area (TPSA) is 12.0 Å². The fraction of sp³-hybridized carbons (Fsp3) is 0.571. The molecular formula is C14H20BrN. The minimum absolute atomic E-state index is 0.605. The molecule has 1 aromatic rings. The van der Waals surface area contributed by atoms with Crippen LogP contribution in [-0.2, 0) is 0 Å². The molecule has 88 valence electrons. The third-order valence-corrected chi connectivity index (χ3v) is 4.21. The number of rotatable bonds is 4. The minimum atomic E-state index is 0.605. The zero-order chi connectivity index (χ0) is 11.7. The first-order valence-corrected chi connectivity index (χ1v) is 6.86. The second-order valence-electron chi connectivity index (χ2n) is 5.17. The van der Waals surface area contributed by atoms with Gasteiger partial charge in [-0.15, -0.1) is 0 Å². The van der Waals surface area contributed by atoms with Crippen LogP contribution in [0.25, 0.3) is 0 Å². The van der Waals surface area contributed by atoms with E-state index < -0.39 is 0 Å². The maximum absolute atomic E-state index is 3.55. The predicted octanol–water partition coefficient (Wildman–Crippen LogP) is 3.86. The number of hydrogen-bond donors (Lipinski definition) is 1. The highest BCUT2D eigenvalue weighted by Crippen LogP contribution is 2.47. The van der Waals surface area contributed by atoms with Crippen molar-refractivity contribution in [2.45, 2.75) is 39.2 Å². The Morgan fingerprint density at radius 2 is 2.19 bits per heavy atom. The van der Waals surface area contributed by atoms with E-state index in [1.54, 1.807) is 0 Å². The summed E-state index contributed by atoms with van der Waals surface area (Å²) >= 11 is 3.55. The van der Waals surface area contributed by atoms with Gasteiger partial charge in [0, 0.05) is 10.5 Å². The lowest BCUT2D eigenvalue weighted by Crippen LogP contribution is -2.25. The molecule has 0 heterocycles. The number of nitrogens with one attached hydrogen (secondary N) is 1. The Hall–Kier alpha value is -0.340. The number of halogens is 1. The fourth-order valence-corrected chi connectivity index (χ4v) is 2.41. The average Bonchev–Trinajstić information content (AvgIpc) is 2.98. The van der Waals surface area contributed by atoms with Gasteiger partial charge in [-0.3, -0.25) is 0 Å². The summed E-state index contributed by atoms with van der Waals surface area (Å²) in [5.41, 5.74) is 2.86. The van der Waals surface area contributed by atoms with Gasteiger partial charge >= 0.3 is 0 Å². The van der Waals surface area contributed by atoms with Crippen molar-refractivity contribution in [2.75, 3.05) is 6.54 Å². The number of hydrogen-bond acceptors (Lipinski definition) is 1. The van der Waals surface area contributed by atoms with Gasteiger partial charge < -0.3 is 5.32 Å². The Morgan fingerprint density at radius 3 is 2.81 bits per heavy atom. The van der Waals surface area contributed by atoms with Crippen LogP contribution in [0.2, 0.25) is 0 Å². The van der Waals surface area contributed by atoms with Gasteiger partial charge in [0.2, 0.25) is 0 Å². The van der Waals surface area contributed by atoms with Crippen molar-refractivity contribution in [3.63, 3.8) is 0 Å². The van der Waals surface area contributed by atoms with Crippen LogP contribution >= 0.6 is 15.9 Å². The molecule has 1 aliphatic rings. The number of aryl methyl sites for hydroxylation is 1. The zero-order valence-corrected chi connectivity index (χ0v) is 11.8. The lowest BCUT2D eigenvalue weighted by molar-refractivity contribution is 0.554. The molecule has 0 saturated heterocycles. The zero-order valence-electron chi connectivity index (χ0n) is 10.3. The highest BCUT2D eigenvalue weighted by atomic mass is 79.9. The van der Waals surface area contributed by atoms with Crippen LogP contribution in [0.1, 0.15) is 37.3 Å². The number of benzene rings is 1. The molecular weight excluding hydrogens is 262 g/mol. The summed E-state index contributed by atoms with van der Waals surface area (Å²) in [6.07, 6.45) is 1.35. The quantitative estimate of drug-likeness (QED) is 0.884. The molecule has 0 aliphatic heterocycles. The Balaban J connectivity index is 1.93. The summed E-state index contributed by atoms with van der Waals surface area (Å²) in [5.74, 6) is 1.64. The van der Waals surface area contributed by atoms with Gasteiger partial charge in [0.25, 0.3) is 0 Å². The molecule has 0 aromatic heterocycles. The van der Waals surface area contributed by atoms with E-state index in [1.165, 1.54) is 22.0 Å². The van der Waals surface area contributed by atoms with E-state index in [9.17, 15) is 0 Å². The maximum Gasteiger partial charge on any atom is 0.0204 e. The highest BCUT2D eigenvalue weighted by molar-refractivity contribution is 9.10. The molecule has 0 spiro atoms. The lowest BCUT2D eigenvalue weighted by Gasteiger charge is -2.08. The van der Waals surface area contributed by atoms with Gasteiger partial charge in [-0.25, -0.2) is 0 Å². The molecule has 16 heavy (non-hydrogen) atoms. The smallest absolute Gasteiger partial charge is 0.0204 e. The van der Waals surface area contributed by atoms with Crippen molar-refractivity contribution >= 4 is 15.9 Å². The van der Waals surface area contributed by atoms with Crippen molar-refractivity contribution in [2.24, 2.45) is 5.92 Å². The van der Waals surface area contributed by atoms with E-state index in [-0.39, 0.29) is 0 Å². The van der Waals surface area contributed by atoms with Crippen LogP contribution in [0.15, 0.2) is 22.7 Å².